The summed E-state index contributed by atoms with van der Waals surface area (Å²) in [5.74, 6) is -1.21. The fourth-order valence-electron chi connectivity index (χ4n) is 1.49. The molecular weight excluding hydrogens is 321 g/mol. The Bertz CT molecular complexity index is 797. The Kier molecular flexibility index (Phi) is 3.92. The number of nitrogens with zero attached hydrogens (tertiary/aromatic N) is 2. The van der Waals surface area contributed by atoms with Crippen molar-refractivity contribution in [2.24, 2.45) is 0 Å². The molecule has 7 nitrogen and oxygen atoms in total. The highest BCUT2D eigenvalue weighted by atomic mass is 32.2. The Hall–Kier alpha value is -2.07. The number of aromatic nitrogens is 1. The minimum atomic E-state index is -4.05. The maximum Gasteiger partial charge on any atom is 0.304 e. The van der Waals surface area contributed by atoms with E-state index in [0.29, 0.717) is 11.8 Å². The van der Waals surface area contributed by atoms with Crippen LogP contribution in [0.15, 0.2) is 23.1 Å². The Balaban J connectivity index is 2.35. The number of thiazole rings is 1. The number of hydrogen-bond acceptors (Lipinski definition) is 6. The second-order valence-electron chi connectivity index (χ2n) is 4.14. The Morgan fingerprint density at radius 2 is 2.05 bits per heavy atom. The summed E-state index contributed by atoms with van der Waals surface area (Å²) in [6.07, 6.45) is 0. The minimum absolute atomic E-state index is 0.156. The number of nitro groups is 1. The number of rotatable bonds is 4. The summed E-state index contributed by atoms with van der Waals surface area (Å²) in [7, 11) is -4.05. The highest BCUT2D eigenvalue weighted by Crippen LogP contribution is 2.26. The first-order valence-electron chi connectivity index (χ1n) is 5.61. The molecule has 0 saturated heterocycles. The van der Waals surface area contributed by atoms with Gasteiger partial charge in [0, 0.05) is 17.0 Å². The third-order valence-corrected chi connectivity index (χ3v) is 5.13. The molecule has 0 bridgehead atoms. The van der Waals surface area contributed by atoms with Crippen molar-refractivity contribution >= 4 is 32.2 Å². The van der Waals surface area contributed by atoms with Gasteiger partial charge in [-0.05, 0) is 19.9 Å². The predicted molar refractivity (Wildman–Crippen MR) is 75.5 cm³/mol. The zero-order valence-electron chi connectivity index (χ0n) is 11.0. The van der Waals surface area contributed by atoms with Crippen LogP contribution in [0.1, 0.15) is 10.6 Å². The number of halogens is 1. The number of anilines is 1. The summed E-state index contributed by atoms with van der Waals surface area (Å²) in [6, 6.07) is 2.38. The van der Waals surface area contributed by atoms with Crippen molar-refractivity contribution < 1.29 is 17.7 Å². The third kappa shape index (κ3) is 3.16. The number of hydrogen-bond donors (Lipinski definition) is 1. The summed E-state index contributed by atoms with van der Waals surface area (Å²) in [6.45, 7) is 3.52. The van der Waals surface area contributed by atoms with Crippen molar-refractivity contribution in [2.45, 2.75) is 18.7 Å². The van der Waals surface area contributed by atoms with Crippen molar-refractivity contribution in [1.82, 2.24) is 4.98 Å². The molecule has 2 aromatic rings. The first-order valence-corrected chi connectivity index (χ1v) is 7.91. The van der Waals surface area contributed by atoms with E-state index in [1.807, 2.05) is 0 Å². The van der Waals surface area contributed by atoms with Crippen LogP contribution in [-0.4, -0.2) is 18.3 Å². The Morgan fingerprint density at radius 3 is 2.52 bits per heavy atom. The molecule has 0 saturated carbocycles. The van der Waals surface area contributed by atoms with Crippen LogP contribution >= 0.6 is 11.3 Å². The molecule has 1 heterocycles. The number of nitro benzene ring substituents is 1. The molecule has 0 radical (unpaired) electrons. The van der Waals surface area contributed by atoms with Crippen LogP contribution in [0.3, 0.4) is 0 Å². The zero-order chi connectivity index (χ0) is 15.8. The number of sulfonamides is 1. The summed E-state index contributed by atoms with van der Waals surface area (Å²) < 4.78 is 39.9. The van der Waals surface area contributed by atoms with E-state index >= 15 is 0 Å². The molecule has 1 N–H and O–H groups in total. The number of nitrogens with one attached hydrogen (secondary N) is 1. The fraction of sp³-hybridized carbons (Fsp3) is 0.182. The Labute approximate surface area is 123 Å². The molecule has 0 spiro atoms. The van der Waals surface area contributed by atoms with Crippen LogP contribution in [0.2, 0.25) is 0 Å². The van der Waals surface area contributed by atoms with Gasteiger partial charge in [0.15, 0.2) is 5.13 Å². The predicted octanol–water partition coefficient (Wildman–Crippen LogP) is 2.61. The van der Waals surface area contributed by atoms with Crippen LogP contribution in [0.5, 0.6) is 0 Å². The first-order chi connectivity index (χ1) is 9.70. The lowest BCUT2D eigenvalue weighted by Crippen LogP contribution is -2.13. The maximum atomic E-state index is 13.5. The van der Waals surface area contributed by atoms with Gasteiger partial charge in [-0.2, -0.15) is 4.39 Å². The van der Waals surface area contributed by atoms with E-state index in [9.17, 15) is 22.9 Å². The lowest BCUT2D eigenvalue weighted by atomic mass is 10.3. The van der Waals surface area contributed by atoms with E-state index < -0.39 is 31.3 Å². The van der Waals surface area contributed by atoms with E-state index in [0.717, 1.165) is 28.3 Å². The van der Waals surface area contributed by atoms with Gasteiger partial charge < -0.3 is 0 Å². The topological polar surface area (TPSA) is 102 Å². The standard InChI is InChI=1S/C11H10FN3O4S2/c1-6-7(2)20-11(13-6)14-21(18,19)8-3-4-10(15(16)17)9(12)5-8/h3-5H,1-2H3,(H,13,14). The van der Waals surface area contributed by atoms with Gasteiger partial charge in [-0.3, -0.25) is 14.8 Å². The normalized spacial score (nSPS) is 11.4. The summed E-state index contributed by atoms with van der Waals surface area (Å²) in [5.41, 5.74) is -0.0949. The van der Waals surface area contributed by atoms with Gasteiger partial charge in [-0.25, -0.2) is 13.4 Å². The molecule has 2 rings (SSSR count). The molecule has 0 unspecified atom stereocenters. The van der Waals surface area contributed by atoms with Gasteiger partial charge >= 0.3 is 5.69 Å². The Morgan fingerprint density at radius 1 is 1.38 bits per heavy atom. The van der Waals surface area contributed by atoms with Gasteiger partial charge in [0.05, 0.1) is 15.5 Å². The minimum Gasteiger partial charge on any atom is -0.258 e. The second-order valence-corrected chi connectivity index (χ2v) is 7.02. The highest BCUT2D eigenvalue weighted by Gasteiger charge is 2.21. The van der Waals surface area contributed by atoms with E-state index in [2.05, 4.69) is 9.71 Å². The molecule has 0 atom stereocenters. The molecule has 0 aliphatic heterocycles. The third-order valence-electron chi connectivity index (χ3n) is 2.68. The molecule has 0 aliphatic carbocycles. The van der Waals surface area contributed by atoms with Crippen molar-refractivity contribution in [1.29, 1.82) is 0 Å². The van der Waals surface area contributed by atoms with Crippen LogP contribution in [0.4, 0.5) is 15.2 Å². The van der Waals surface area contributed by atoms with Gasteiger partial charge in [0.25, 0.3) is 10.0 Å². The molecule has 112 valence electrons. The molecule has 21 heavy (non-hydrogen) atoms. The van der Waals surface area contributed by atoms with E-state index in [4.69, 9.17) is 0 Å². The van der Waals surface area contributed by atoms with Crippen LogP contribution < -0.4 is 4.72 Å². The zero-order valence-corrected chi connectivity index (χ0v) is 12.6. The highest BCUT2D eigenvalue weighted by molar-refractivity contribution is 7.93. The maximum absolute atomic E-state index is 13.5. The van der Waals surface area contributed by atoms with Gasteiger partial charge in [0.1, 0.15) is 0 Å². The molecule has 0 amide bonds. The first kappa shape index (κ1) is 15.3. The largest absolute Gasteiger partial charge is 0.304 e. The van der Waals surface area contributed by atoms with Crippen LogP contribution in [0, 0.1) is 29.8 Å². The molecule has 10 heteroatoms. The van der Waals surface area contributed by atoms with Gasteiger partial charge in [-0.15, -0.1) is 11.3 Å². The second kappa shape index (κ2) is 5.37. The van der Waals surface area contributed by atoms with Crippen molar-refractivity contribution in [3.05, 3.63) is 44.7 Å². The SMILES string of the molecule is Cc1nc(NS(=O)(=O)c2ccc([N+](=O)[O-])c(F)c2)sc1C. The number of benzene rings is 1. The lowest BCUT2D eigenvalue weighted by molar-refractivity contribution is -0.387. The monoisotopic (exact) mass is 331 g/mol. The average Bonchev–Trinajstić information content (AvgIpc) is 2.66. The average molecular weight is 331 g/mol. The molecule has 0 aliphatic rings. The van der Waals surface area contributed by atoms with Crippen LogP contribution in [-0.2, 0) is 10.0 Å². The quantitative estimate of drug-likeness (QED) is 0.685. The van der Waals surface area contributed by atoms with E-state index in [-0.39, 0.29) is 5.13 Å². The van der Waals surface area contributed by atoms with Crippen molar-refractivity contribution in [2.75, 3.05) is 4.72 Å². The van der Waals surface area contributed by atoms with Crippen molar-refractivity contribution in [3.8, 4) is 0 Å². The summed E-state index contributed by atoms with van der Waals surface area (Å²) in [4.78, 5) is 14.0. The lowest BCUT2D eigenvalue weighted by Gasteiger charge is -2.05. The summed E-state index contributed by atoms with van der Waals surface area (Å²) >= 11 is 1.14. The molecule has 1 aromatic heterocycles. The number of aryl methyl sites for hydroxylation is 2. The van der Waals surface area contributed by atoms with Gasteiger partial charge in [0.2, 0.25) is 5.82 Å². The van der Waals surface area contributed by atoms with E-state index in [1.165, 1.54) is 0 Å². The molecule has 1 aromatic carbocycles. The summed E-state index contributed by atoms with van der Waals surface area (Å²) in [5, 5.41) is 10.7. The molecule has 0 fully saturated rings. The smallest absolute Gasteiger partial charge is 0.258 e. The molecular formula is C11H10FN3O4S2. The fourth-order valence-corrected chi connectivity index (χ4v) is 3.55. The van der Waals surface area contributed by atoms with E-state index in [1.54, 1.807) is 13.8 Å². The van der Waals surface area contributed by atoms with Gasteiger partial charge in [-0.1, -0.05) is 0 Å². The van der Waals surface area contributed by atoms with Crippen LogP contribution in [0.25, 0.3) is 0 Å². The van der Waals surface area contributed by atoms with Crippen molar-refractivity contribution in [3.63, 3.8) is 0 Å².